The summed E-state index contributed by atoms with van der Waals surface area (Å²) in [6.45, 7) is 3.51. The van der Waals surface area contributed by atoms with Crippen LogP contribution in [0.15, 0.2) is 29.0 Å². The highest BCUT2D eigenvalue weighted by atomic mass is 35.5. The SMILES string of the molecule is CCc1c(Cc2cc3c(cc2Cl)OCO3)c(-c2ccsc2)nn1CC1CCCCC1. The van der Waals surface area contributed by atoms with Crippen molar-refractivity contribution in [3.05, 3.63) is 50.8 Å². The number of aromatic nitrogens is 2. The lowest BCUT2D eigenvalue weighted by atomic mass is 9.89. The maximum absolute atomic E-state index is 6.63. The first kappa shape index (κ1) is 20.0. The highest BCUT2D eigenvalue weighted by Gasteiger charge is 2.24. The quantitative estimate of drug-likeness (QED) is 0.424. The van der Waals surface area contributed by atoms with E-state index in [1.165, 1.54) is 48.9 Å². The van der Waals surface area contributed by atoms with Crippen LogP contribution in [0.5, 0.6) is 11.5 Å². The van der Waals surface area contributed by atoms with E-state index in [0.717, 1.165) is 53.1 Å². The summed E-state index contributed by atoms with van der Waals surface area (Å²) in [5, 5.41) is 10.2. The molecule has 1 saturated carbocycles. The fraction of sp³-hybridized carbons (Fsp3) is 0.458. The topological polar surface area (TPSA) is 36.3 Å². The van der Waals surface area contributed by atoms with Crippen molar-refractivity contribution in [3.8, 4) is 22.8 Å². The summed E-state index contributed by atoms with van der Waals surface area (Å²) in [6, 6.07) is 6.07. The van der Waals surface area contributed by atoms with Gasteiger partial charge >= 0.3 is 0 Å². The zero-order valence-electron chi connectivity index (χ0n) is 17.3. The lowest BCUT2D eigenvalue weighted by Crippen LogP contribution is -2.17. The number of nitrogens with zero attached hydrogens (tertiary/aromatic N) is 2. The second-order valence-electron chi connectivity index (χ2n) is 8.30. The lowest BCUT2D eigenvalue weighted by Gasteiger charge is -2.22. The summed E-state index contributed by atoms with van der Waals surface area (Å²) in [6.07, 6.45) is 8.43. The Morgan fingerprint density at radius 2 is 1.97 bits per heavy atom. The van der Waals surface area contributed by atoms with Gasteiger partial charge in [0.25, 0.3) is 0 Å². The van der Waals surface area contributed by atoms with Gasteiger partial charge < -0.3 is 9.47 Å². The average Bonchev–Trinajstić information content (AvgIpc) is 3.49. The number of thiophene rings is 1. The van der Waals surface area contributed by atoms with Crippen LogP contribution in [0.4, 0.5) is 0 Å². The smallest absolute Gasteiger partial charge is 0.231 e. The van der Waals surface area contributed by atoms with Gasteiger partial charge in [0.2, 0.25) is 6.79 Å². The normalized spacial score (nSPS) is 16.3. The van der Waals surface area contributed by atoms with Crippen LogP contribution in [0.2, 0.25) is 5.02 Å². The Balaban J connectivity index is 1.54. The van der Waals surface area contributed by atoms with Crippen LogP contribution >= 0.6 is 22.9 Å². The molecule has 0 amide bonds. The molecule has 1 aliphatic heterocycles. The van der Waals surface area contributed by atoms with E-state index in [2.05, 4.69) is 28.4 Å². The van der Waals surface area contributed by atoms with E-state index < -0.39 is 0 Å². The molecule has 6 heteroatoms. The maximum atomic E-state index is 6.63. The second kappa shape index (κ2) is 8.64. The molecule has 5 rings (SSSR count). The van der Waals surface area contributed by atoms with Gasteiger partial charge in [-0.3, -0.25) is 4.68 Å². The van der Waals surface area contributed by atoms with E-state index >= 15 is 0 Å². The fourth-order valence-electron chi connectivity index (χ4n) is 4.80. The minimum absolute atomic E-state index is 0.259. The zero-order chi connectivity index (χ0) is 20.5. The number of hydrogen-bond acceptors (Lipinski definition) is 4. The molecule has 0 unspecified atom stereocenters. The number of ether oxygens (including phenoxy) is 2. The molecule has 0 atom stereocenters. The van der Waals surface area contributed by atoms with E-state index in [1.54, 1.807) is 11.3 Å². The first-order valence-corrected chi connectivity index (χ1v) is 12.2. The Morgan fingerprint density at radius 1 is 1.17 bits per heavy atom. The molecule has 2 aromatic heterocycles. The molecular weight excluding hydrogens is 416 g/mol. The molecule has 158 valence electrons. The summed E-state index contributed by atoms with van der Waals surface area (Å²) < 4.78 is 13.4. The minimum Gasteiger partial charge on any atom is -0.454 e. The summed E-state index contributed by atoms with van der Waals surface area (Å²) in [7, 11) is 0. The van der Waals surface area contributed by atoms with Crippen LogP contribution in [0.1, 0.15) is 55.8 Å². The molecular formula is C24H27ClN2O2S. The number of fused-ring (bicyclic) bond motifs is 1. The van der Waals surface area contributed by atoms with Gasteiger partial charge in [-0.1, -0.05) is 37.8 Å². The molecule has 1 aromatic carbocycles. The van der Waals surface area contributed by atoms with Crippen LogP contribution in [0.25, 0.3) is 11.3 Å². The monoisotopic (exact) mass is 442 g/mol. The second-order valence-corrected chi connectivity index (χ2v) is 9.49. The summed E-state index contributed by atoms with van der Waals surface area (Å²) in [5.74, 6) is 2.24. The number of hydrogen-bond donors (Lipinski definition) is 0. The van der Waals surface area contributed by atoms with E-state index in [9.17, 15) is 0 Å². The van der Waals surface area contributed by atoms with Gasteiger partial charge in [0.1, 0.15) is 0 Å². The van der Waals surface area contributed by atoms with Crippen molar-refractivity contribution in [1.82, 2.24) is 9.78 Å². The van der Waals surface area contributed by atoms with Gasteiger partial charge in [0.15, 0.2) is 11.5 Å². The largest absolute Gasteiger partial charge is 0.454 e. The van der Waals surface area contributed by atoms with Crippen molar-refractivity contribution >= 4 is 22.9 Å². The molecule has 0 spiro atoms. The number of rotatable bonds is 6. The first-order chi connectivity index (χ1) is 14.7. The third kappa shape index (κ3) is 3.85. The predicted molar refractivity (Wildman–Crippen MR) is 122 cm³/mol. The van der Waals surface area contributed by atoms with Gasteiger partial charge in [-0.25, -0.2) is 0 Å². The van der Waals surface area contributed by atoms with E-state index in [0.29, 0.717) is 0 Å². The average molecular weight is 443 g/mol. The third-order valence-electron chi connectivity index (χ3n) is 6.36. The van der Waals surface area contributed by atoms with Crippen molar-refractivity contribution in [3.63, 3.8) is 0 Å². The third-order valence-corrected chi connectivity index (χ3v) is 7.40. The fourth-order valence-corrected chi connectivity index (χ4v) is 5.66. The van der Waals surface area contributed by atoms with Crippen LogP contribution in [0.3, 0.4) is 0 Å². The highest BCUT2D eigenvalue weighted by molar-refractivity contribution is 7.08. The zero-order valence-corrected chi connectivity index (χ0v) is 18.9. The number of halogens is 1. The van der Waals surface area contributed by atoms with Crippen LogP contribution in [-0.4, -0.2) is 16.6 Å². The molecule has 30 heavy (non-hydrogen) atoms. The molecule has 0 bridgehead atoms. The Bertz CT molecular complexity index is 1020. The van der Waals surface area contributed by atoms with Gasteiger partial charge in [-0.15, -0.1) is 0 Å². The lowest BCUT2D eigenvalue weighted by molar-refractivity contribution is 0.174. The molecule has 1 aliphatic carbocycles. The minimum atomic E-state index is 0.259. The van der Waals surface area contributed by atoms with Crippen molar-refractivity contribution in [2.24, 2.45) is 5.92 Å². The standard InChI is InChI=1S/C24H27ClN2O2S/c1-2-21-19(10-18-11-22-23(12-20(18)25)29-15-28-22)24(17-8-9-30-14-17)26-27(21)13-16-6-4-3-5-7-16/h8-9,11-12,14,16H,2-7,10,13,15H2,1H3. The molecule has 0 N–H and O–H groups in total. The molecule has 3 aromatic rings. The highest BCUT2D eigenvalue weighted by Crippen LogP contribution is 2.39. The summed E-state index contributed by atoms with van der Waals surface area (Å²) in [5.41, 5.74) is 5.97. The van der Waals surface area contributed by atoms with Crippen molar-refractivity contribution in [1.29, 1.82) is 0 Å². The Kier molecular flexibility index (Phi) is 5.74. The van der Waals surface area contributed by atoms with Crippen molar-refractivity contribution < 1.29 is 9.47 Å². The van der Waals surface area contributed by atoms with E-state index in [1.807, 2.05) is 12.1 Å². The summed E-state index contributed by atoms with van der Waals surface area (Å²) in [4.78, 5) is 0. The Hall–Kier alpha value is -1.98. The van der Waals surface area contributed by atoms with Crippen LogP contribution in [0, 0.1) is 5.92 Å². The molecule has 2 aliphatic rings. The van der Waals surface area contributed by atoms with Crippen molar-refractivity contribution in [2.45, 2.75) is 58.4 Å². The Labute approximate surface area is 186 Å². The van der Waals surface area contributed by atoms with Gasteiger partial charge in [0.05, 0.1) is 5.69 Å². The van der Waals surface area contributed by atoms with E-state index in [4.69, 9.17) is 26.2 Å². The van der Waals surface area contributed by atoms with E-state index in [-0.39, 0.29) is 6.79 Å². The van der Waals surface area contributed by atoms with Crippen molar-refractivity contribution in [2.75, 3.05) is 6.79 Å². The Morgan fingerprint density at radius 3 is 2.70 bits per heavy atom. The molecule has 1 fully saturated rings. The summed E-state index contributed by atoms with van der Waals surface area (Å²) >= 11 is 8.35. The molecule has 3 heterocycles. The molecule has 0 saturated heterocycles. The van der Waals surface area contributed by atoms with Crippen LogP contribution in [-0.2, 0) is 19.4 Å². The van der Waals surface area contributed by atoms with Gasteiger partial charge in [0, 0.05) is 46.3 Å². The van der Waals surface area contributed by atoms with Gasteiger partial charge in [-0.2, -0.15) is 16.4 Å². The molecule has 4 nitrogen and oxygen atoms in total. The predicted octanol–water partition coefficient (Wildman–Crippen LogP) is 6.73. The van der Waals surface area contributed by atoms with Gasteiger partial charge in [-0.05, 0) is 48.3 Å². The first-order valence-electron chi connectivity index (χ1n) is 10.9. The maximum Gasteiger partial charge on any atom is 0.231 e. The van der Waals surface area contributed by atoms with Crippen LogP contribution < -0.4 is 9.47 Å². The number of benzene rings is 1. The molecule has 0 radical (unpaired) electrons.